The molecular weight excluding hydrogens is 272 g/mol. The van der Waals surface area contributed by atoms with E-state index < -0.39 is 19.4 Å². The molecule has 0 amide bonds. The van der Waals surface area contributed by atoms with Crippen LogP contribution in [0.15, 0.2) is 60.7 Å². The summed E-state index contributed by atoms with van der Waals surface area (Å²) >= 11 is 0. The predicted octanol–water partition coefficient (Wildman–Crippen LogP) is 4.15. The van der Waals surface area contributed by atoms with Crippen LogP contribution >= 0.6 is 7.92 Å². The minimum absolute atomic E-state index is 0.0267. The zero-order valence-corrected chi connectivity index (χ0v) is 10.7. The zero-order chi connectivity index (χ0) is 13.9. The highest BCUT2D eigenvalue weighted by molar-refractivity contribution is 7.82. The van der Waals surface area contributed by atoms with Gasteiger partial charge in [0.05, 0.1) is 0 Å². The lowest BCUT2D eigenvalue weighted by Gasteiger charge is -2.19. The fourth-order valence-corrected chi connectivity index (χ4v) is 3.30. The van der Waals surface area contributed by atoms with Gasteiger partial charge < -0.3 is 0 Å². The van der Waals surface area contributed by atoms with E-state index in [0.29, 0.717) is 0 Å². The van der Waals surface area contributed by atoms with Gasteiger partial charge in [-0.2, -0.15) is 13.2 Å². The van der Waals surface area contributed by atoms with Crippen LogP contribution in [0.3, 0.4) is 0 Å². The van der Waals surface area contributed by atoms with Crippen molar-refractivity contribution < 1.29 is 18.0 Å². The molecule has 2 aromatic carbocycles. The second-order valence-electron chi connectivity index (χ2n) is 3.81. The van der Waals surface area contributed by atoms with Crippen molar-refractivity contribution in [2.45, 2.75) is 5.92 Å². The van der Waals surface area contributed by atoms with Crippen LogP contribution in [0.25, 0.3) is 0 Å². The Bertz CT molecular complexity index is 552. The van der Waals surface area contributed by atoms with E-state index in [0.717, 1.165) is 0 Å². The first-order valence-corrected chi connectivity index (χ1v) is 6.85. The first-order valence-electron chi connectivity index (χ1n) is 5.51. The Balaban J connectivity index is 2.43. The van der Waals surface area contributed by atoms with Crippen molar-refractivity contribution in [3.05, 3.63) is 66.2 Å². The molecule has 0 spiro atoms. The number of carbonyl (C=O) groups excluding carboxylic acids is 1. The molecule has 0 aromatic heterocycles. The van der Waals surface area contributed by atoms with Crippen LogP contribution in [-0.2, 0) is 0 Å². The topological polar surface area (TPSA) is 17.1 Å². The third-order valence-corrected chi connectivity index (χ3v) is 4.48. The van der Waals surface area contributed by atoms with Crippen LogP contribution in [0.5, 0.6) is 0 Å². The van der Waals surface area contributed by atoms with Gasteiger partial charge in [-0.15, -0.1) is 0 Å². The number of halogens is 3. The normalized spacial score (nSPS) is 13.0. The molecule has 0 aliphatic heterocycles. The van der Waals surface area contributed by atoms with E-state index in [-0.39, 0.29) is 10.9 Å². The minimum atomic E-state index is -4.54. The number of benzene rings is 2. The number of hydrogen-bond donors (Lipinski definition) is 0. The van der Waals surface area contributed by atoms with E-state index in [1.807, 2.05) is 0 Å². The van der Waals surface area contributed by atoms with Gasteiger partial charge in [-0.1, -0.05) is 60.7 Å². The van der Waals surface area contributed by atoms with Crippen LogP contribution in [0.4, 0.5) is 13.2 Å². The molecule has 1 nitrogen and oxygen atoms in total. The largest absolute Gasteiger partial charge is 0.416 e. The molecule has 0 radical (unpaired) electrons. The average Bonchev–Trinajstić information content (AvgIpc) is 2.39. The standard InChI is InChI=1S/C14H10F3OP/c15-14(16,17)19(12-9-5-2-6-10-12)13(18)11-7-3-1-4-8-11/h1-10H. The van der Waals surface area contributed by atoms with Gasteiger partial charge in [0, 0.05) is 5.56 Å². The quantitative estimate of drug-likeness (QED) is 0.773. The molecule has 5 heteroatoms. The summed E-state index contributed by atoms with van der Waals surface area (Å²) in [5, 5.41) is 0.0267. The van der Waals surface area contributed by atoms with E-state index in [4.69, 9.17) is 0 Å². The number of carbonyl (C=O) groups is 1. The van der Waals surface area contributed by atoms with Crippen molar-refractivity contribution >= 4 is 18.8 Å². The van der Waals surface area contributed by atoms with Crippen molar-refractivity contribution in [3.63, 3.8) is 0 Å². The monoisotopic (exact) mass is 282 g/mol. The number of hydrogen-bond acceptors (Lipinski definition) is 1. The molecule has 0 saturated heterocycles. The lowest BCUT2D eigenvalue weighted by Crippen LogP contribution is -2.20. The fourth-order valence-electron chi connectivity index (χ4n) is 1.67. The first kappa shape index (κ1) is 13.8. The second kappa shape index (κ2) is 5.54. The minimum Gasteiger partial charge on any atom is -0.288 e. The molecule has 0 fully saturated rings. The summed E-state index contributed by atoms with van der Waals surface area (Å²) in [4.78, 5) is 12.1. The summed E-state index contributed by atoms with van der Waals surface area (Å²) in [6, 6.07) is 14.9. The highest BCUT2D eigenvalue weighted by Gasteiger charge is 2.45. The molecule has 0 aliphatic rings. The van der Waals surface area contributed by atoms with Gasteiger partial charge in [-0.05, 0) is 5.30 Å². The van der Waals surface area contributed by atoms with Crippen molar-refractivity contribution in [2.75, 3.05) is 0 Å². The SMILES string of the molecule is O=C(c1ccccc1)P(c1ccccc1)C(F)(F)F. The maximum atomic E-state index is 13.1. The molecule has 0 bridgehead atoms. The number of rotatable bonds is 3. The zero-order valence-electron chi connectivity index (χ0n) is 9.76. The van der Waals surface area contributed by atoms with Crippen LogP contribution in [0, 0.1) is 0 Å². The van der Waals surface area contributed by atoms with Crippen molar-refractivity contribution in [1.82, 2.24) is 0 Å². The third-order valence-electron chi connectivity index (χ3n) is 2.49. The molecule has 1 atom stereocenters. The number of alkyl halides is 3. The summed E-state index contributed by atoms with van der Waals surface area (Å²) in [7, 11) is -2.87. The first-order chi connectivity index (χ1) is 9.00. The smallest absolute Gasteiger partial charge is 0.288 e. The molecule has 19 heavy (non-hydrogen) atoms. The van der Waals surface area contributed by atoms with E-state index in [2.05, 4.69) is 0 Å². The van der Waals surface area contributed by atoms with E-state index in [1.54, 1.807) is 24.3 Å². The lowest BCUT2D eigenvalue weighted by molar-refractivity contribution is -0.0384. The molecule has 0 heterocycles. The highest BCUT2D eigenvalue weighted by atomic mass is 31.1. The summed E-state index contributed by atoms with van der Waals surface area (Å²) in [6.45, 7) is 0. The van der Waals surface area contributed by atoms with Gasteiger partial charge >= 0.3 is 5.92 Å². The maximum Gasteiger partial charge on any atom is 0.416 e. The van der Waals surface area contributed by atoms with Crippen molar-refractivity contribution in [2.24, 2.45) is 0 Å². The summed E-state index contributed by atoms with van der Waals surface area (Å²) in [6.07, 6.45) is 0. The van der Waals surface area contributed by atoms with Gasteiger partial charge in [0.15, 0.2) is 5.52 Å². The lowest BCUT2D eigenvalue weighted by atomic mass is 10.2. The Morgan fingerprint density at radius 1 is 0.842 bits per heavy atom. The summed E-state index contributed by atoms with van der Waals surface area (Å²) < 4.78 is 39.4. The summed E-state index contributed by atoms with van der Waals surface area (Å²) in [5.74, 6) is -4.54. The summed E-state index contributed by atoms with van der Waals surface area (Å²) in [5.41, 5.74) is -0.774. The van der Waals surface area contributed by atoms with E-state index >= 15 is 0 Å². The highest BCUT2D eigenvalue weighted by Crippen LogP contribution is 2.54. The Labute approximate surface area is 109 Å². The molecule has 0 N–H and O–H groups in total. The molecule has 98 valence electrons. The van der Waals surface area contributed by atoms with Crippen molar-refractivity contribution in [3.8, 4) is 0 Å². The van der Waals surface area contributed by atoms with Crippen LogP contribution in [0.2, 0.25) is 0 Å². The molecule has 2 aromatic rings. The van der Waals surface area contributed by atoms with Crippen molar-refractivity contribution in [1.29, 1.82) is 0 Å². The van der Waals surface area contributed by atoms with Gasteiger partial charge in [0.25, 0.3) is 0 Å². The van der Waals surface area contributed by atoms with Gasteiger partial charge in [-0.3, -0.25) is 4.79 Å². The van der Waals surface area contributed by atoms with Crippen LogP contribution in [0.1, 0.15) is 10.4 Å². The molecule has 0 aliphatic carbocycles. The second-order valence-corrected chi connectivity index (χ2v) is 5.91. The Kier molecular flexibility index (Phi) is 4.01. The Hall–Kier alpha value is -1.67. The van der Waals surface area contributed by atoms with Gasteiger partial charge in [0.1, 0.15) is 7.92 Å². The van der Waals surface area contributed by atoms with Gasteiger partial charge in [-0.25, -0.2) is 0 Å². The molecule has 0 saturated carbocycles. The van der Waals surface area contributed by atoms with E-state index in [1.165, 1.54) is 36.4 Å². The predicted molar refractivity (Wildman–Crippen MR) is 69.8 cm³/mol. The maximum absolute atomic E-state index is 13.1. The van der Waals surface area contributed by atoms with E-state index in [9.17, 15) is 18.0 Å². The molecule has 1 unspecified atom stereocenters. The van der Waals surface area contributed by atoms with Gasteiger partial charge in [0.2, 0.25) is 0 Å². The molecule has 2 rings (SSSR count). The Morgan fingerprint density at radius 2 is 1.32 bits per heavy atom. The fraction of sp³-hybridized carbons (Fsp3) is 0.0714. The molecular formula is C14H10F3OP. The Morgan fingerprint density at radius 3 is 1.79 bits per heavy atom. The third kappa shape index (κ3) is 3.21. The van der Waals surface area contributed by atoms with Crippen LogP contribution < -0.4 is 5.30 Å². The van der Waals surface area contributed by atoms with Crippen LogP contribution in [-0.4, -0.2) is 11.4 Å². The average molecular weight is 282 g/mol.